The van der Waals surface area contributed by atoms with Crippen molar-refractivity contribution in [2.45, 2.75) is 25.8 Å². The van der Waals surface area contributed by atoms with Gasteiger partial charge in [0.25, 0.3) is 0 Å². The Bertz CT molecular complexity index is 366. The van der Waals surface area contributed by atoms with Crippen LogP contribution in [-0.2, 0) is 0 Å². The lowest BCUT2D eigenvalue weighted by atomic mass is 10.00. The molecule has 0 amide bonds. The predicted molar refractivity (Wildman–Crippen MR) is 67.5 cm³/mol. The van der Waals surface area contributed by atoms with E-state index in [2.05, 4.69) is 0 Å². The SMILES string of the molecule is COc1cc(C(N)CCCO)c(OC)cc1C. The van der Waals surface area contributed by atoms with Gasteiger partial charge in [0.2, 0.25) is 0 Å². The quantitative estimate of drug-likeness (QED) is 0.794. The molecule has 0 bridgehead atoms. The minimum Gasteiger partial charge on any atom is -0.496 e. The third-order valence-corrected chi connectivity index (χ3v) is 2.82. The molecule has 0 radical (unpaired) electrons. The molecular weight excluding hydrogens is 218 g/mol. The molecule has 1 unspecified atom stereocenters. The Kier molecular flexibility index (Phi) is 5.25. The molecule has 1 atom stereocenters. The molecule has 0 heterocycles. The molecule has 0 aromatic heterocycles. The van der Waals surface area contributed by atoms with Gasteiger partial charge in [0.15, 0.2) is 0 Å². The van der Waals surface area contributed by atoms with Crippen LogP contribution >= 0.6 is 0 Å². The third kappa shape index (κ3) is 3.35. The Morgan fingerprint density at radius 3 is 2.41 bits per heavy atom. The second-order valence-corrected chi connectivity index (χ2v) is 4.04. The van der Waals surface area contributed by atoms with E-state index in [1.165, 1.54) is 0 Å². The van der Waals surface area contributed by atoms with E-state index in [-0.39, 0.29) is 12.6 Å². The number of rotatable bonds is 6. The van der Waals surface area contributed by atoms with Gasteiger partial charge in [-0.15, -0.1) is 0 Å². The van der Waals surface area contributed by atoms with Gasteiger partial charge in [-0.2, -0.15) is 0 Å². The first-order valence-corrected chi connectivity index (χ1v) is 5.73. The molecule has 1 aromatic carbocycles. The Morgan fingerprint density at radius 2 is 1.88 bits per heavy atom. The van der Waals surface area contributed by atoms with E-state index in [1.807, 2.05) is 19.1 Å². The maximum Gasteiger partial charge on any atom is 0.124 e. The van der Waals surface area contributed by atoms with Crippen molar-refractivity contribution >= 4 is 0 Å². The molecule has 0 aliphatic carbocycles. The molecule has 3 N–H and O–H groups in total. The summed E-state index contributed by atoms with van der Waals surface area (Å²) in [6.45, 7) is 2.11. The van der Waals surface area contributed by atoms with Crippen molar-refractivity contribution in [2.75, 3.05) is 20.8 Å². The molecule has 0 aliphatic heterocycles. The van der Waals surface area contributed by atoms with Crippen LogP contribution in [0.5, 0.6) is 11.5 Å². The molecule has 4 heteroatoms. The number of benzene rings is 1. The highest BCUT2D eigenvalue weighted by molar-refractivity contribution is 5.47. The number of nitrogens with two attached hydrogens (primary N) is 1. The zero-order valence-electron chi connectivity index (χ0n) is 10.7. The van der Waals surface area contributed by atoms with E-state index in [1.54, 1.807) is 14.2 Å². The summed E-state index contributed by atoms with van der Waals surface area (Å²) in [5.41, 5.74) is 8.02. The Balaban J connectivity index is 3.02. The van der Waals surface area contributed by atoms with Gasteiger partial charge >= 0.3 is 0 Å². The van der Waals surface area contributed by atoms with E-state index in [4.69, 9.17) is 20.3 Å². The summed E-state index contributed by atoms with van der Waals surface area (Å²) < 4.78 is 10.6. The highest BCUT2D eigenvalue weighted by Crippen LogP contribution is 2.33. The fourth-order valence-electron chi connectivity index (χ4n) is 1.83. The highest BCUT2D eigenvalue weighted by atomic mass is 16.5. The molecular formula is C13H21NO3. The summed E-state index contributed by atoms with van der Waals surface area (Å²) in [5.74, 6) is 1.58. The summed E-state index contributed by atoms with van der Waals surface area (Å²) in [6.07, 6.45) is 1.40. The van der Waals surface area contributed by atoms with Gasteiger partial charge in [0.05, 0.1) is 14.2 Å². The van der Waals surface area contributed by atoms with Crippen molar-refractivity contribution in [1.29, 1.82) is 0 Å². The number of ether oxygens (including phenoxy) is 2. The first kappa shape index (κ1) is 13.8. The fourth-order valence-corrected chi connectivity index (χ4v) is 1.83. The topological polar surface area (TPSA) is 64.7 Å². The predicted octanol–water partition coefficient (Wildman–Crippen LogP) is 1.78. The van der Waals surface area contributed by atoms with Crippen molar-refractivity contribution in [1.82, 2.24) is 0 Å². The van der Waals surface area contributed by atoms with Crippen LogP contribution in [-0.4, -0.2) is 25.9 Å². The fraction of sp³-hybridized carbons (Fsp3) is 0.538. The van der Waals surface area contributed by atoms with E-state index in [0.29, 0.717) is 6.42 Å². The molecule has 1 aromatic rings. The number of methoxy groups -OCH3 is 2. The van der Waals surface area contributed by atoms with Gasteiger partial charge < -0.3 is 20.3 Å². The first-order valence-electron chi connectivity index (χ1n) is 5.73. The molecule has 4 nitrogen and oxygen atoms in total. The number of aliphatic hydroxyl groups is 1. The molecule has 0 fully saturated rings. The number of hydrogen-bond donors (Lipinski definition) is 2. The summed E-state index contributed by atoms with van der Waals surface area (Å²) in [6, 6.07) is 3.69. The average Bonchev–Trinajstić information content (AvgIpc) is 2.35. The monoisotopic (exact) mass is 239 g/mol. The highest BCUT2D eigenvalue weighted by Gasteiger charge is 2.14. The van der Waals surface area contributed by atoms with E-state index in [9.17, 15) is 0 Å². The number of hydrogen-bond acceptors (Lipinski definition) is 4. The average molecular weight is 239 g/mol. The first-order chi connectivity index (χ1) is 8.13. The Labute approximate surface area is 102 Å². The number of aryl methyl sites for hydroxylation is 1. The zero-order chi connectivity index (χ0) is 12.8. The Hall–Kier alpha value is -1.26. The van der Waals surface area contributed by atoms with Gasteiger partial charge in [0.1, 0.15) is 11.5 Å². The molecule has 0 saturated heterocycles. The minimum atomic E-state index is -0.147. The van der Waals surface area contributed by atoms with Crippen molar-refractivity contribution in [3.63, 3.8) is 0 Å². The van der Waals surface area contributed by atoms with Crippen molar-refractivity contribution in [3.8, 4) is 11.5 Å². The van der Waals surface area contributed by atoms with E-state index >= 15 is 0 Å². The van der Waals surface area contributed by atoms with Crippen LogP contribution in [0, 0.1) is 6.92 Å². The van der Waals surface area contributed by atoms with Crippen LogP contribution < -0.4 is 15.2 Å². The van der Waals surface area contributed by atoms with Crippen LogP contribution in [0.1, 0.15) is 30.0 Å². The second-order valence-electron chi connectivity index (χ2n) is 4.04. The van der Waals surface area contributed by atoms with Gasteiger partial charge in [0, 0.05) is 18.2 Å². The molecule has 0 spiro atoms. The molecule has 1 rings (SSSR count). The summed E-state index contributed by atoms with van der Waals surface area (Å²) in [7, 11) is 3.27. The molecule has 96 valence electrons. The zero-order valence-corrected chi connectivity index (χ0v) is 10.7. The van der Waals surface area contributed by atoms with Crippen molar-refractivity contribution in [3.05, 3.63) is 23.3 Å². The van der Waals surface area contributed by atoms with Crippen LogP contribution in [0.3, 0.4) is 0 Å². The van der Waals surface area contributed by atoms with Crippen LogP contribution in [0.2, 0.25) is 0 Å². The summed E-state index contributed by atoms with van der Waals surface area (Å²) in [5, 5.41) is 8.82. The van der Waals surface area contributed by atoms with Crippen LogP contribution in [0.15, 0.2) is 12.1 Å². The molecule has 0 saturated carbocycles. The third-order valence-electron chi connectivity index (χ3n) is 2.82. The lowest BCUT2D eigenvalue weighted by molar-refractivity contribution is 0.279. The lowest BCUT2D eigenvalue weighted by Gasteiger charge is -2.17. The van der Waals surface area contributed by atoms with Crippen LogP contribution in [0.4, 0.5) is 0 Å². The smallest absolute Gasteiger partial charge is 0.124 e. The van der Waals surface area contributed by atoms with Crippen molar-refractivity contribution < 1.29 is 14.6 Å². The summed E-state index contributed by atoms with van der Waals surface area (Å²) >= 11 is 0. The standard InChI is InChI=1S/C13H21NO3/c1-9-7-13(17-3)10(8-12(9)16-2)11(14)5-4-6-15/h7-8,11,15H,4-6,14H2,1-3H3. The number of aliphatic hydroxyl groups excluding tert-OH is 1. The summed E-state index contributed by atoms with van der Waals surface area (Å²) in [4.78, 5) is 0. The van der Waals surface area contributed by atoms with E-state index < -0.39 is 0 Å². The van der Waals surface area contributed by atoms with Gasteiger partial charge in [-0.1, -0.05) is 0 Å². The van der Waals surface area contributed by atoms with Crippen LogP contribution in [0.25, 0.3) is 0 Å². The minimum absolute atomic E-state index is 0.147. The second kappa shape index (κ2) is 6.47. The van der Waals surface area contributed by atoms with Gasteiger partial charge in [-0.05, 0) is 37.5 Å². The molecule has 0 aliphatic rings. The van der Waals surface area contributed by atoms with Crippen molar-refractivity contribution in [2.24, 2.45) is 5.73 Å². The lowest BCUT2D eigenvalue weighted by Crippen LogP contribution is -2.12. The maximum atomic E-state index is 8.82. The van der Waals surface area contributed by atoms with Gasteiger partial charge in [-0.25, -0.2) is 0 Å². The van der Waals surface area contributed by atoms with Gasteiger partial charge in [-0.3, -0.25) is 0 Å². The normalized spacial score (nSPS) is 12.3. The Morgan fingerprint density at radius 1 is 1.24 bits per heavy atom. The molecule has 17 heavy (non-hydrogen) atoms. The maximum absolute atomic E-state index is 8.82. The largest absolute Gasteiger partial charge is 0.496 e. The van der Waals surface area contributed by atoms with E-state index in [0.717, 1.165) is 29.0 Å².